The summed E-state index contributed by atoms with van der Waals surface area (Å²) in [6.07, 6.45) is 0.833. The molecular formula is C9H17NO3. The van der Waals surface area contributed by atoms with Gasteiger partial charge in [-0.05, 0) is 20.3 Å². The molecule has 0 aromatic heterocycles. The molecule has 76 valence electrons. The van der Waals surface area contributed by atoms with Crippen molar-refractivity contribution in [3.63, 3.8) is 0 Å². The summed E-state index contributed by atoms with van der Waals surface area (Å²) in [5.74, 6) is -0.802. The number of hydrogen-bond acceptors (Lipinski definition) is 3. The molecule has 0 aromatic rings. The Hall–Kier alpha value is -0.610. The van der Waals surface area contributed by atoms with Crippen LogP contribution < -0.4 is 5.73 Å². The van der Waals surface area contributed by atoms with Gasteiger partial charge in [0.2, 0.25) is 0 Å². The average molecular weight is 187 g/mol. The van der Waals surface area contributed by atoms with Crippen molar-refractivity contribution in [3.05, 3.63) is 0 Å². The molecule has 1 fully saturated rings. The molecule has 0 bridgehead atoms. The molecule has 1 rings (SSSR count). The number of aliphatic carboxylic acids is 1. The van der Waals surface area contributed by atoms with E-state index in [1.54, 1.807) is 0 Å². The third-order valence-electron chi connectivity index (χ3n) is 2.96. The first-order chi connectivity index (χ1) is 5.87. The quantitative estimate of drug-likeness (QED) is 0.678. The van der Waals surface area contributed by atoms with Gasteiger partial charge in [0, 0.05) is 17.6 Å². The van der Waals surface area contributed by atoms with Crippen molar-refractivity contribution in [1.82, 2.24) is 0 Å². The normalized spacial score (nSPS) is 29.2. The zero-order chi connectivity index (χ0) is 10.1. The van der Waals surface area contributed by atoms with E-state index in [9.17, 15) is 4.79 Å². The predicted octanol–water partition coefficient (Wildman–Crippen LogP) is 0.605. The van der Waals surface area contributed by atoms with Crippen LogP contribution in [-0.4, -0.2) is 29.8 Å². The van der Waals surface area contributed by atoms with Gasteiger partial charge >= 0.3 is 5.97 Å². The fourth-order valence-corrected chi connectivity index (χ4v) is 1.77. The van der Waals surface area contributed by atoms with Crippen LogP contribution in [0.3, 0.4) is 0 Å². The Morgan fingerprint density at radius 2 is 2.31 bits per heavy atom. The maximum Gasteiger partial charge on any atom is 0.304 e. The van der Waals surface area contributed by atoms with E-state index in [1.165, 1.54) is 0 Å². The van der Waals surface area contributed by atoms with Crippen LogP contribution >= 0.6 is 0 Å². The molecule has 1 saturated heterocycles. The van der Waals surface area contributed by atoms with Crippen LogP contribution in [0, 0.1) is 5.41 Å². The molecule has 0 aliphatic carbocycles. The van der Waals surface area contributed by atoms with Gasteiger partial charge in [0.15, 0.2) is 0 Å². The van der Waals surface area contributed by atoms with E-state index in [0.29, 0.717) is 13.2 Å². The fourth-order valence-electron chi connectivity index (χ4n) is 1.77. The Kier molecular flexibility index (Phi) is 2.63. The van der Waals surface area contributed by atoms with Crippen LogP contribution in [0.4, 0.5) is 0 Å². The van der Waals surface area contributed by atoms with Crippen LogP contribution in [0.25, 0.3) is 0 Å². The van der Waals surface area contributed by atoms with E-state index in [0.717, 1.165) is 6.42 Å². The Balaban J connectivity index is 2.81. The molecule has 13 heavy (non-hydrogen) atoms. The minimum absolute atomic E-state index is 0.0938. The summed E-state index contributed by atoms with van der Waals surface area (Å²) < 4.78 is 5.24. The van der Waals surface area contributed by atoms with E-state index in [1.807, 2.05) is 13.8 Å². The van der Waals surface area contributed by atoms with Crippen LogP contribution in [-0.2, 0) is 9.53 Å². The molecule has 3 N–H and O–H groups in total. The molecule has 1 aliphatic heterocycles. The summed E-state index contributed by atoms with van der Waals surface area (Å²) >= 11 is 0. The predicted molar refractivity (Wildman–Crippen MR) is 48.4 cm³/mol. The average Bonchev–Trinajstić information content (AvgIpc) is 2.33. The lowest BCUT2D eigenvalue weighted by Gasteiger charge is -2.39. The van der Waals surface area contributed by atoms with Gasteiger partial charge in [0.1, 0.15) is 0 Å². The van der Waals surface area contributed by atoms with Crippen molar-refractivity contribution in [2.24, 2.45) is 11.1 Å². The zero-order valence-corrected chi connectivity index (χ0v) is 8.17. The fraction of sp³-hybridized carbons (Fsp3) is 0.889. The molecule has 1 aliphatic rings. The van der Waals surface area contributed by atoms with E-state index in [2.05, 4.69) is 0 Å². The molecule has 4 heteroatoms. The number of ether oxygens (including phenoxy) is 1. The summed E-state index contributed by atoms with van der Waals surface area (Å²) in [4.78, 5) is 10.7. The molecule has 0 amide bonds. The second-order valence-electron chi connectivity index (χ2n) is 4.38. The van der Waals surface area contributed by atoms with Gasteiger partial charge in [-0.3, -0.25) is 4.79 Å². The summed E-state index contributed by atoms with van der Waals surface area (Å²) in [7, 11) is 0. The van der Waals surface area contributed by atoms with Crippen molar-refractivity contribution >= 4 is 5.97 Å². The van der Waals surface area contributed by atoms with E-state index >= 15 is 0 Å². The summed E-state index contributed by atoms with van der Waals surface area (Å²) in [5, 5.41) is 8.79. The Morgan fingerprint density at radius 1 is 1.69 bits per heavy atom. The maximum absolute atomic E-state index is 10.7. The first-order valence-corrected chi connectivity index (χ1v) is 4.46. The smallest absolute Gasteiger partial charge is 0.304 e. The number of hydrogen-bond donors (Lipinski definition) is 2. The summed E-state index contributed by atoms with van der Waals surface area (Å²) in [6, 6.07) is 0. The zero-order valence-electron chi connectivity index (χ0n) is 8.17. The number of carboxylic acids is 1. The van der Waals surface area contributed by atoms with E-state index in [4.69, 9.17) is 15.6 Å². The van der Waals surface area contributed by atoms with Gasteiger partial charge in [0.05, 0.1) is 13.0 Å². The highest BCUT2D eigenvalue weighted by atomic mass is 16.5. The Bertz CT molecular complexity index is 201. The molecule has 0 radical (unpaired) electrons. The third-order valence-corrected chi connectivity index (χ3v) is 2.96. The molecule has 0 saturated carbocycles. The van der Waals surface area contributed by atoms with Crippen LogP contribution in [0.1, 0.15) is 26.7 Å². The van der Waals surface area contributed by atoms with Gasteiger partial charge < -0.3 is 15.6 Å². The second kappa shape index (κ2) is 3.27. The molecule has 0 aromatic carbocycles. The first kappa shape index (κ1) is 10.5. The molecule has 1 atom stereocenters. The minimum atomic E-state index is -0.802. The SMILES string of the molecule is CC(C)(N)C1(CC(=O)O)CCOC1. The van der Waals surface area contributed by atoms with Gasteiger partial charge in [0.25, 0.3) is 0 Å². The summed E-state index contributed by atoms with van der Waals surface area (Å²) in [5.41, 5.74) is 5.09. The standard InChI is InChI=1S/C9H17NO3/c1-8(2,10)9(5-7(11)12)3-4-13-6-9/h3-6,10H2,1-2H3,(H,11,12). The van der Waals surface area contributed by atoms with Crippen molar-refractivity contribution in [2.45, 2.75) is 32.2 Å². The number of rotatable bonds is 3. The largest absolute Gasteiger partial charge is 0.481 e. The molecular weight excluding hydrogens is 170 g/mol. The number of nitrogens with two attached hydrogens (primary N) is 1. The van der Waals surface area contributed by atoms with Gasteiger partial charge in [-0.2, -0.15) is 0 Å². The van der Waals surface area contributed by atoms with E-state index < -0.39 is 16.9 Å². The van der Waals surface area contributed by atoms with Crippen LogP contribution in [0.5, 0.6) is 0 Å². The Morgan fingerprint density at radius 3 is 2.62 bits per heavy atom. The molecule has 1 heterocycles. The third kappa shape index (κ3) is 2.00. The highest BCUT2D eigenvalue weighted by molar-refractivity contribution is 5.68. The van der Waals surface area contributed by atoms with Gasteiger partial charge in [-0.15, -0.1) is 0 Å². The maximum atomic E-state index is 10.7. The van der Waals surface area contributed by atoms with Gasteiger partial charge in [-0.25, -0.2) is 0 Å². The number of carbonyl (C=O) groups is 1. The van der Waals surface area contributed by atoms with Crippen molar-refractivity contribution in [1.29, 1.82) is 0 Å². The van der Waals surface area contributed by atoms with Crippen molar-refractivity contribution in [3.8, 4) is 0 Å². The summed E-state index contributed by atoms with van der Waals surface area (Å²) in [6.45, 7) is 4.81. The topological polar surface area (TPSA) is 72.6 Å². The first-order valence-electron chi connectivity index (χ1n) is 4.46. The van der Waals surface area contributed by atoms with E-state index in [-0.39, 0.29) is 6.42 Å². The van der Waals surface area contributed by atoms with Crippen LogP contribution in [0.2, 0.25) is 0 Å². The highest BCUT2D eigenvalue weighted by Gasteiger charge is 2.47. The lowest BCUT2D eigenvalue weighted by Crippen LogP contribution is -2.52. The van der Waals surface area contributed by atoms with Crippen LogP contribution in [0.15, 0.2) is 0 Å². The lowest BCUT2D eigenvalue weighted by molar-refractivity contribution is -0.141. The van der Waals surface area contributed by atoms with Crippen molar-refractivity contribution < 1.29 is 14.6 Å². The second-order valence-corrected chi connectivity index (χ2v) is 4.38. The number of carboxylic acid groups (broad SMARTS) is 1. The van der Waals surface area contributed by atoms with Gasteiger partial charge in [-0.1, -0.05) is 0 Å². The highest BCUT2D eigenvalue weighted by Crippen LogP contribution is 2.40. The Labute approximate surface area is 78.1 Å². The lowest BCUT2D eigenvalue weighted by atomic mass is 9.69. The monoisotopic (exact) mass is 187 g/mol. The molecule has 1 unspecified atom stereocenters. The van der Waals surface area contributed by atoms with Crippen molar-refractivity contribution in [2.75, 3.05) is 13.2 Å². The molecule has 4 nitrogen and oxygen atoms in total. The molecule has 0 spiro atoms. The minimum Gasteiger partial charge on any atom is -0.481 e.